The molecule has 1 saturated heterocycles. The summed E-state index contributed by atoms with van der Waals surface area (Å²) in [5, 5.41) is 13.1. The number of aliphatic hydroxyl groups is 1. The van der Waals surface area contributed by atoms with E-state index in [9.17, 15) is 24.3 Å². The number of pyridine rings is 1. The normalized spacial score (nSPS) is 18.0. The maximum atomic E-state index is 13.5. The summed E-state index contributed by atoms with van der Waals surface area (Å²) in [7, 11) is 3.34. The van der Waals surface area contributed by atoms with Crippen LogP contribution in [0.3, 0.4) is 0 Å². The van der Waals surface area contributed by atoms with Gasteiger partial charge in [-0.3, -0.25) is 24.1 Å². The van der Waals surface area contributed by atoms with E-state index in [1.807, 2.05) is 44.2 Å². The number of carbonyl (C=O) groups is 4. The maximum absolute atomic E-state index is 13.5. The Labute approximate surface area is 240 Å². The lowest BCUT2D eigenvalue weighted by atomic mass is 9.65. The summed E-state index contributed by atoms with van der Waals surface area (Å²) < 4.78 is 16.2. The van der Waals surface area contributed by atoms with Crippen molar-refractivity contribution in [2.75, 3.05) is 21.2 Å². The second-order valence-corrected chi connectivity index (χ2v) is 10.8. The summed E-state index contributed by atoms with van der Waals surface area (Å²) in [6, 6.07) is 12.1. The minimum Gasteiger partial charge on any atom is -0.507 e. The fourth-order valence-electron chi connectivity index (χ4n) is 4.84. The number of hydrogen-bond acceptors (Lipinski definition) is 10. The van der Waals surface area contributed by atoms with Crippen molar-refractivity contribution < 1.29 is 38.3 Å². The molecule has 0 radical (unpaired) electrons. The molecular formula is C29H38BN3O8. The zero-order chi connectivity index (χ0) is 30.3. The first kappa shape index (κ1) is 31.9. The molecule has 220 valence electrons. The average molecular weight is 567 g/mol. The number of carbonyl (C=O) groups excluding carboxylic acids is 4. The molecule has 2 aromatic rings. The molecule has 1 fully saturated rings. The smallest absolute Gasteiger partial charge is 0.507 e. The Morgan fingerprint density at radius 2 is 1.78 bits per heavy atom. The van der Waals surface area contributed by atoms with Gasteiger partial charge in [0.1, 0.15) is 17.8 Å². The highest BCUT2D eigenvalue weighted by Gasteiger charge is 2.51. The number of ether oxygens (including phenoxy) is 1. The van der Waals surface area contributed by atoms with Crippen LogP contribution in [0.2, 0.25) is 5.82 Å². The van der Waals surface area contributed by atoms with Gasteiger partial charge >= 0.3 is 19.1 Å². The van der Waals surface area contributed by atoms with Crippen molar-refractivity contribution >= 4 is 30.7 Å². The lowest BCUT2D eigenvalue weighted by Crippen LogP contribution is -2.49. The molecule has 0 aliphatic carbocycles. The van der Waals surface area contributed by atoms with Crippen LogP contribution in [0.4, 0.5) is 0 Å². The number of methoxy groups -OCH3 is 1. The Hall–Kier alpha value is -3.61. The van der Waals surface area contributed by atoms with Crippen LogP contribution in [-0.2, 0) is 28.4 Å². The Kier molecular flexibility index (Phi) is 11.2. The molecule has 1 amide bonds. The molecule has 1 aromatic carbocycles. The SMILES string of the molecule is COC(=O)[C@@H]([C@H]1OB([C@@H](CC(=O)[C@@H](NC(=O)c2cccc(-c3ccccc3)n2)[C@@H](C)O)CC(C)C)OC1=O)N(C)C. The third kappa shape index (κ3) is 8.22. The van der Waals surface area contributed by atoms with Gasteiger partial charge in [0.25, 0.3) is 5.91 Å². The van der Waals surface area contributed by atoms with E-state index in [1.54, 1.807) is 26.2 Å². The number of benzene rings is 1. The molecule has 11 nitrogen and oxygen atoms in total. The van der Waals surface area contributed by atoms with E-state index in [4.69, 9.17) is 14.0 Å². The van der Waals surface area contributed by atoms with Gasteiger partial charge < -0.3 is 24.5 Å². The molecule has 1 aliphatic heterocycles. The van der Waals surface area contributed by atoms with Gasteiger partial charge in [-0.2, -0.15) is 0 Å². The van der Waals surface area contributed by atoms with E-state index >= 15 is 0 Å². The maximum Gasteiger partial charge on any atom is 0.531 e. The fourth-order valence-corrected chi connectivity index (χ4v) is 4.84. The summed E-state index contributed by atoms with van der Waals surface area (Å²) in [6.45, 7) is 5.30. The first-order chi connectivity index (χ1) is 19.4. The van der Waals surface area contributed by atoms with Crippen LogP contribution < -0.4 is 5.32 Å². The zero-order valence-electron chi connectivity index (χ0n) is 24.3. The van der Waals surface area contributed by atoms with Crippen molar-refractivity contribution in [3.63, 3.8) is 0 Å². The summed E-state index contributed by atoms with van der Waals surface area (Å²) in [5.74, 6) is -2.95. The van der Waals surface area contributed by atoms with Crippen molar-refractivity contribution in [1.29, 1.82) is 0 Å². The van der Waals surface area contributed by atoms with Gasteiger partial charge in [-0.15, -0.1) is 0 Å². The molecule has 2 heterocycles. The third-order valence-electron chi connectivity index (χ3n) is 6.82. The van der Waals surface area contributed by atoms with Gasteiger partial charge in [0.15, 0.2) is 11.9 Å². The van der Waals surface area contributed by atoms with E-state index in [0.29, 0.717) is 12.1 Å². The van der Waals surface area contributed by atoms with Crippen molar-refractivity contribution in [3.05, 3.63) is 54.2 Å². The molecule has 1 aromatic heterocycles. The summed E-state index contributed by atoms with van der Waals surface area (Å²) in [5.41, 5.74) is 1.51. The number of aliphatic hydroxyl groups excluding tert-OH is 1. The third-order valence-corrected chi connectivity index (χ3v) is 6.82. The Morgan fingerprint density at radius 1 is 1.10 bits per heavy atom. The number of rotatable bonds is 13. The number of likely N-dealkylation sites (N-methyl/N-ethyl adjacent to an activating group) is 1. The summed E-state index contributed by atoms with van der Waals surface area (Å²) in [4.78, 5) is 57.6. The number of hydrogen-bond donors (Lipinski definition) is 2. The summed E-state index contributed by atoms with van der Waals surface area (Å²) >= 11 is 0. The topological polar surface area (TPSA) is 144 Å². The van der Waals surface area contributed by atoms with Crippen LogP contribution in [0, 0.1) is 5.92 Å². The van der Waals surface area contributed by atoms with Gasteiger partial charge in [0.05, 0.1) is 18.9 Å². The van der Waals surface area contributed by atoms with Crippen LogP contribution >= 0.6 is 0 Å². The van der Waals surface area contributed by atoms with Crippen LogP contribution in [0.15, 0.2) is 48.5 Å². The Morgan fingerprint density at radius 3 is 2.37 bits per heavy atom. The largest absolute Gasteiger partial charge is 0.531 e. The van der Waals surface area contributed by atoms with Gasteiger partial charge in [-0.1, -0.05) is 50.2 Å². The molecule has 0 spiro atoms. The number of ketones is 1. The monoisotopic (exact) mass is 567 g/mol. The number of Topliss-reactive ketones (excluding diaryl/α,β-unsaturated/α-hetero) is 1. The van der Waals surface area contributed by atoms with E-state index < -0.39 is 60.9 Å². The van der Waals surface area contributed by atoms with Gasteiger partial charge in [-0.05, 0) is 45.5 Å². The first-order valence-corrected chi connectivity index (χ1v) is 13.6. The minimum absolute atomic E-state index is 0.0944. The highest BCUT2D eigenvalue weighted by molar-refractivity contribution is 6.51. The molecule has 0 saturated carbocycles. The summed E-state index contributed by atoms with van der Waals surface area (Å²) in [6.07, 6.45) is -2.15. The molecule has 0 bridgehead atoms. The highest BCUT2D eigenvalue weighted by Crippen LogP contribution is 2.32. The number of nitrogens with one attached hydrogen (secondary N) is 1. The van der Waals surface area contributed by atoms with E-state index in [-0.39, 0.29) is 18.0 Å². The number of aromatic nitrogens is 1. The van der Waals surface area contributed by atoms with Crippen LogP contribution in [0.1, 0.15) is 44.1 Å². The van der Waals surface area contributed by atoms with Gasteiger partial charge in [-0.25, -0.2) is 4.98 Å². The molecule has 1 aliphatic rings. The average Bonchev–Trinajstić information content (AvgIpc) is 3.31. The molecule has 2 N–H and O–H groups in total. The van der Waals surface area contributed by atoms with Gasteiger partial charge in [0, 0.05) is 17.8 Å². The van der Waals surface area contributed by atoms with Gasteiger partial charge in [0.2, 0.25) is 0 Å². The molecule has 5 atom stereocenters. The zero-order valence-corrected chi connectivity index (χ0v) is 24.3. The van der Waals surface area contributed by atoms with Crippen molar-refractivity contribution in [2.45, 2.75) is 63.7 Å². The van der Waals surface area contributed by atoms with Crippen LogP contribution in [0.5, 0.6) is 0 Å². The number of amides is 1. The molecule has 41 heavy (non-hydrogen) atoms. The quantitative estimate of drug-likeness (QED) is 0.273. The predicted molar refractivity (Wildman–Crippen MR) is 152 cm³/mol. The molecule has 3 rings (SSSR count). The van der Waals surface area contributed by atoms with Crippen LogP contribution in [-0.4, -0.2) is 91.2 Å². The first-order valence-electron chi connectivity index (χ1n) is 13.6. The van der Waals surface area contributed by atoms with Crippen LogP contribution in [0.25, 0.3) is 11.3 Å². The second kappa shape index (κ2) is 14.3. The highest BCUT2D eigenvalue weighted by atomic mass is 16.7. The number of nitrogens with zero attached hydrogens (tertiary/aromatic N) is 2. The lowest BCUT2D eigenvalue weighted by Gasteiger charge is -2.26. The standard InChI is InChI=1S/C29H38BN3O8/c1-17(2)15-20(30-40-26(29(38)41-30)25(33(4)5)28(37)39-6)16-23(35)24(18(3)34)32-27(36)22-14-10-13-21(31-22)19-11-8-7-9-12-19/h7-14,17-18,20,24-26,34H,15-16H2,1-6H3,(H,32,36)/t18-,20-,24+,25-,26-/m1/s1. The minimum atomic E-state index is -1.24. The lowest BCUT2D eigenvalue weighted by molar-refractivity contribution is -0.154. The second-order valence-electron chi connectivity index (χ2n) is 10.8. The molecule has 12 heteroatoms. The Bertz CT molecular complexity index is 1220. The Balaban J connectivity index is 1.76. The van der Waals surface area contributed by atoms with Crippen molar-refractivity contribution in [1.82, 2.24) is 15.2 Å². The van der Waals surface area contributed by atoms with E-state index in [0.717, 1.165) is 5.56 Å². The fraction of sp³-hybridized carbons (Fsp3) is 0.483. The predicted octanol–water partition coefficient (Wildman–Crippen LogP) is 2.14. The van der Waals surface area contributed by atoms with Crippen molar-refractivity contribution in [2.24, 2.45) is 5.92 Å². The van der Waals surface area contributed by atoms with E-state index in [1.165, 1.54) is 25.0 Å². The number of esters is 1. The van der Waals surface area contributed by atoms with Crippen molar-refractivity contribution in [3.8, 4) is 11.3 Å². The molecule has 0 unspecified atom stereocenters. The van der Waals surface area contributed by atoms with E-state index in [2.05, 4.69) is 10.3 Å². The molecular weight excluding hydrogens is 529 g/mol.